The molecule has 4 aliphatic rings. The van der Waals surface area contributed by atoms with E-state index in [-0.39, 0.29) is 24.2 Å². The number of allylic oxidation sites excluding steroid dienone is 1. The van der Waals surface area contributed by atoms with Gasteiger partial charge in [0.05, 0.1) is 5.92 Å². The van der Waals surface area contributed by atoms with Gasteiger partial charge in [-0.3, -0.25) is 0 Å². The molecule has 21 heavy (non-hydrogen) atoms. The molecule has 0 spiro atoms. The molecular formula is C18H20O3. The zero-order valence-corrected chi connectivity index (χ0v) is 12.6. The Morgan fingerprint density at radius 2 is 1.71 bits per heavy atom. The minimum absolute atomic E-state index is 0.00215. The molecular weight excluding hydrogens is 264 g/mol. The van der Waals surface area contributed by atoms with Crippen LogP contribution in [-0.4, -0.2) is 24.1 Å². The molecule has 3 nitrogen and oxygen atoms in total. The third kappa shape index (κ3) is 2.03. The van der Waals surface area contributed by atoms with E-state index >= 15 is 0 Å². The Bertz CT molecular complexity index is 615. The first kappa shape index (κ1) is 13.1. The van der Waals surface area contributed by atoms with Gasteiger partial charge in [-0.2, -0.15) is 0 Å². The van der Waals surface area contributed by atoms with E-state index in [0.29, 0.717) is 0 Å². The first-order chi connectivity index (χ1) is 10.1. The van der Waals surface area contributed by atoms with Crippen LogP contribution in [0.5, 0.6) is 0 Å². The zero-order chi connectivity index (χ0) is 14.6. The molecule has 0 saturated carbocycles. The zero-order valence-electron chi connectivity index (χ0n) is 12.6. The Labute approximate surface area is 125 Å². The standard InChI is InChI=1S/C18H20O3/c1-11(12-7-5-4-6-8-12)15-13-9-10-14(19-15)17-16(13)20-18(2,3)21-17/h4-10,13-14,16-17H,1-3H3/b15-11+/t13-,14-,16-,17+/m0/s1. The van der Waals surface area contributed by atoms with Gasteiger partial charge in [-0.25, -0.2) is 0 Å². The van der Waals surface area contributed by atoms with Crippen molar-refractivity contribution < 1.29 is 14.2 Å². The van der Waals surface area contributed by atoms with Crippen LogP contribution in [0.15, 0.2) is 48.2 Å². The second-order valence-electron chi connectivity index (χ2n) is 6.41. The molecule has 1 aromatic rings. The van der Waals surface area contributed by atoms with Gasteiger partial charge in [0.2, 0.25) is 0 Å². The van der Waals surface area contributed by atoms with Crippen molar-refractivity contribution in [1.82, 2.24) is 0 Å². The summed E-state index contributed by atoms with van der Waals surface area (Å²) in [6.07, 6.45) is 4.33. The quantitative estimate of drug-likeness (QED) is 0.738. The van der Waals surface area contributed by atoms with Crippen molar-refractivity contribution in [2.75, 3.05) is 0 Å². The molecule has 0 radical (unpaired) electrons. The fraction of sp³-hybridized carbons (Fsp3) is 0.444. The summed E-state index contributed by atoms with van der Waals surface area (Å²) in [5.41, 5.74) is 2.38. The highest BCUT2D eigenvalue weighted by Crippen LogP contribution is 2.47. The van der Waals surface area contributed by atoms with Gasteiger partial charge in [-0.1, -0.05) is 36.4 Å². The van der Waals surface area contributed by atoms with E-state index in [9.17, 15) is 0 Å². The summed E-state index contributed by atoms with van der Waals surface area (Å²) in [4.78, 5) is 0. The highest BCUT2D eigenvalue weighted by Gasteiger charge is 2.55. The van der Waals surface area contributed by atoms with Crippen molar-refractivity contribution in [2.24, 2.45) is 5.92 Å². The molecule has 1 aliphatic carbocycles. The van der Waals surface area contributed by atoms with Gasteiger partial charge in [0.25, 0.3) is 0 Å². The SMILES string of the molecule is C/C(=C1\O[C@H]2C=C[C@@H]1[C@@H]1OC(C)(C)O[C@@H]12)c1ccccc1. The van der Waals surface area contributed by atoms with Crippen molar-refractivity contribution in [3.63, 3.8) is 0 Å². The van der Waals surface area contributed by atoms with E-state index < -0.39 is 5.79 Å². The predicted octanol–water partition coefficient (Wildman–Crippen LogP) is 3.52. The Hall–Kier alpha value is -1.58. The van der Waals surface area contributed by atoms with Gasteiger partial charge in [-0.05, 0) is 38.0 Å². The molecule has 0 aromatic heterocycles. The van der Waals surface area contributed by atoms with Crippen molar-refractivity contribution in [3.8, 4) is 0 Å². The number of benzene rings is 1. The van der Waals surface area contributed by atoms with Gasteiger partial charge in [0.1, 0.15) is 24.1 Å². The monoisotopic (exact) mass is 284 g/mol. The van der Waals surface area contributed by atoms with Crippen LogP contribution < -0.4 is 0 Å². The van der Waals surface area contributed by atoms with Crippen LogP contribution >= 0.6 is 0 Å². The lowest BCUT2D eigenvalue weighted by Crippen LogP contribution is -2.49. The van der Waals surface area contributed by atoms with E-state index in [4.69, 9.17) is 14.2 Å². The summed E-state index contributed by atoms with van der Waals surface area (Å²) in [7, 11) is 0. The fourth-order valence-electron chi connectivity index (χ4n) is 3.53. The Morgan fingerprint density at radius 1 is 1.00 bits per heavy atom. The smallest absolute Gasteiger partial charge is 0.164 e. The average Bonchev–Trinajstić information content (AvgIpc) is 2.84. The molecule has 110 valence electrons. The molecule has 3 heterocycles. The van der Waals surface area contributed by atoms with Crippen molar-refractivity contribution in [1.29, 1.82) is 0 Å². The maximum absolute atomic E-state index is 6.20. The average molecular weight is 284 g/mol. The first-order valence-electron chi connectivity index (χ1n) is 7.52. The van der Waals surface area contributed by atoms with Gasteiger partial charge < -0.3 is 14.2 Å². The summed E-state index contributed by atoms with van der Waals surface area (Å²) in [5.74, 6) is 0.635. The number of hydrogen-bond donors (Lipinski definition) is 0. The minimum Gasteiger partial charge on any atom is -0.487 e. The van der Waals surface area contributed by atoms with Crippen LogP contribution in [-0.2, 0) is 14.2 Å². The molecule has 1 aromatic carbocycles. The molecule has 4 atom stereocenters. The van der Waals surface area contributed by atoms with Crippen LogP contribution in [0.3, 0.4) is 0 Å². The number of ether oxygens (including phenoxy) is 3. The molecule has 2 saturated heterocycles. The summed E-state index contributed by atoms with van der Waals surface area (Å²) < 4.78 is 18.3. The Balaban J connectivity index is 1.73. The molecule has 0 amide bonds. The van der Waals surface area contributed by atoms with E-state index in [0.717, 1.165) is 5.76 Å². The first-order valence-corrected chi connectivity index (χ1v) is 7.52. The number of fused-ring (bicyclic) bond motifs is 1. The van der Waals surface area contributed by atoms with Crippen molar-refractivity contribution in [2.45, 2.75) is 44.9 Å². The third-order valence-electron chi connectivity index (χ3n) is 4.49. The summed E-state index contributed by atoms with van der Waals surface area (Å²) >= 11 is 0. The van der Waals surface area contributed by atoms with Gasteiger partial charge in [0, 0.05) is 0 Å². The second kappa shape index (κ2) is 4.46. The Morgan fingerprint density at radius 3 is 2.48 bits per heavy atom. The van der Waals surface area contributed by atoms with Crippen molar-refractivity contribution >= 4 is 5.57 Å². The highest BCUT2D eigenvalue weighted by molar-refractivity contribution is 5.67. The molecule has 3 heteroatoms. The van der Waals surface area contributed by atoms with E-state index in [1.165, 1.54) is 11.1 Å². The predicted molar refractivity (Wildman–Crippen MR) is 80.4 cm³/mol. The molecule has 0 N–H and O–H groups in total. The summed E-state index contributed by atoms with van der Waals surface area (Å²) in [5, 5.41) is 0. The van der Waals surface area contributed by atoms with Gasteiger partial charge in [-0.15, -0.1) is 0 Å². The van der Waals surface area contributed by atoms with E-state index in [1.54, 1.807) is 0 Å². The lowest BCUT2D eigenvalue weighted by molar-refractivity contribution is -0.149. The maximum Gasteiger partial charge on any atom is 0.164 e. The number of hydrogen-bond acceptors (Lipinski definition) is 3. The lowest BCUT2D eigenvalue weighted by Gasteiger charge is -2.41. The topological polar surface area (TPSA) is 27.7 Å². The minimum atomic E-state index is -0.530. The van der Waals surface area contributed by atoms with Crippen LogP contribution in [0.2, 0.25) is 0 Å². The van der Waals surface area contributed by atoms with E-state index in [2.05, 4.69) is 43.3 Å². The van der Waals surface area contributed by atoms with Gasteiger partial charge in [0.15, 0.2) is 5.79 Å². The molecule has 5 rings (SSSR count). The molecule has 3 aliphatic heterocycles. The van der Waals surface area contributed by atoms with Crippen LogP contribution in [0, 0.1) is 5.92 Å². The van der Waals surface area contributed by atoms with E-state index in [1.807, 2.05) is 19.9 Å². The number of rotatable bonds is 1. The summed E-state index contributed by atoms with van der Waals surface area (Å²) in [6.45, 7) is 6.06. The normalized spacial score (nSPS) is 38.0. The molecule has 2 fully saturated rings. The fourth-order valence-corrected chi connectivity index (χ4v) is 3.53. The third-order valence-corrected chi connectivity index (χ3v) is 4.49. The van der Waals surface area contributed by atoms with Crippen LogP contribution in [0.4, 0.5) is 0 Å². The van der Waals surface area contributed by atoms with Crippen LogP contribution in [0.25, 0.3) is 5.57 Å². The highest BCUT2D eigenvalue weighted by atomic mass is 16.8. The van der Waals surface area contributed by atoms with Crippen molar-refractivity contribution in [3.05, 3.63) is 53.8 Å². The lowest BCUT2D eigenvalue weighted by atomic mass is 9.82. The molecule has 2 bridgehead atoms. The molecule has 0 unspecified atom stereocenters. The summed E-state index contributed by atoms with van der Waals surface area (Å²) in [6, 6.07) is 10.4. The maximum atomic E-state index is 6.20. The van der Waals surface area contributed by atoms with Crippen LogP contribution in [0.1, 0.15) is 26.3 Å². The second-order valence-corrected chi connectivity index (χ2v) is 6.41. The largest absolute Gasteiger partial charge is 0.487 e. The van der Waals surface area contributed by atoms with Gasteiger partial charge >= 0.3 is 0 Å². The Kier molecular flexibility index (Phi) is 2.78.